The summed E-state index contributed by atoms with van der Waals surface area (Å²) in [5.41, 5.74) is 9.91. The van der Waals surface area contributed by atoms with Crippen LogP contribution in [-0.2, 0) is 6.61 Å². The molecule has 0 fully saturated rings. The van der Waals surface area contributed by atoms with Crippen LogP contribution in [0.5, 0.6) is 11.5 Å². The van der Waals surface area contributed by atoms with Gasteiger partial charge >= 0.3 is 0 Å². The molecule has 0 radical (unpaired) electrons. The first-order chi connectivity index (χ1) is 23.0. The van der Waals surface area contributed by atoms with E-state index < -0.39 is 0 Å². The zero-order chi connectivity index (χ0) is 32.6. The summed E-state index contributed by atoms with van der Waals surface area (Å²) in [5, 5.41) is 5.28. The number of aromatic nitrogens is 1. The lowest BCUT2D eigenvalue weighted by atomic mass is 10.1. The highest BCUT2D eigenvalue weighted by atomic mass is 35.5. The third-order valence-corrected chi connectivity index (χ3v) is 8.04. The first-order valence-corrected chi connectivity index (χ1v) is 15.9. The number of hydrogen-bond donors (Lipinski definition) is 1. The molecule has 0 saturated heterocycles. The number of rotatable bonds is 11. The van der Waals surface area contributed by atoms with Gasteiger partial charge in [-0.15, -0.1) is 0 Å². The van der Waals surface area contributed by atoms with Crippen LogP contribution in [0.25, 0.3) is 28.2 Å². The number of nitrogens with zero attached hydrogens (tertiary/aromatic N) is 2. The molecular formula is C39H31Cl2N3O3. The highest BCUT2D eigenvalue weighted by Crippen LogP contribution is 2.33. The molecule has 6 nitrogen and oxygen atoms in total. The summed E-state index contributed by atoms with van der Waals surface area (Å²) in [6.07, 6.45) is 1.56. The van der Waals surface area contributed by atoms with Crippen LogP contribution >= 0.6 is 23.2 Å². The highest BCUT2D eigenvalue weighted by molar-refractivity contribution is 6.35. The van der Waals surface area contributed by atoms with Crippen molar-refractivity contribution in [3.8, 4) is 39.7 Å². The Morgan fingerprint density at radius 2 is 1.40 bits per heavy atom. The van der Waals surface area contributed by atoms with Crippen molar-refractivity contribution < 1.29 is 14.3 Å². The minimum atomic E-state index is -0.322. The molecule has 0 aliphatic carbocycles. The topological polar surface area (TPSA) is 64.8 Å². The molecule has 8 heteroatoms. The molecule has 6 rings (SSSR count). The normalized spacial score (nSPS) is 11.0. The molecule has 0 aliphatic rings. The highest BCUT2D eigenvalue weighted by Gasteiger charge is 2.15. The standard InChI is InChI=1S/C39H31Cl2N3O3/c1-2-46-38-23-27(13-22-37(38)47-26-31-14-17-32(40)24-34(31)41)25-42-43-39(45)30-15-18-33(19-16-30)44-35(28-9-5-3-6-10-28)20-21-36(44)29-11-7-4-8-12-29/h3-25H,2,26H2,1H3,(H,43,45)/b42-25-. The number of carbonyl (C=O) groups is 1. The van der Waals surface area contributed by atoms with Gasteiger partial charge in [-0.3, -0.25) is 4.79 Å². The monoisotopic (exact) mass is 659 g/mol. The number of hydrogen-bond acceptors (Lipinski definition) is 4. The Morgan fingerprint density at radius 3 is 2.02 bits per heavy atom. The smallest absolute Gasteiger partial charge is 0.271 e. The quantitative estimate of drug-likeness (QED) is 0.111. The van der Waals surface area contributed by atoms with Gasteiger partial charge in [0, 0.05) is 26.9 Å². The number of carbonyl (C=O) groups excluding carboxylic acids is 1. The fraction of sp³-hybridized carbons (Fsp3) is 0.0769. The summed E-state index contributed by atoms with van der Waals surface area (Å²) < 4.78 is 14.0. The maximum atomic E-state index is 13.0. The molecule has 0 bridgehead atoms. The summed E-state index contributed by atoms with van der Waals surface area (Å²) in [6.45, 7) is 2.60. The lowest BCUT2D eigenvalue weighted by Gasteiger charge is -2.15. The molecule has 6 aromatic rings. The molecule has 0 saturated carbocycles. The van der Waals surface area contributed by atoms with Gasteiger partial charge in [0.25, 0.3) is 5.91 Å². The summed E-state index contributed by atoms with van der Waals surface area (Å²) in [7, 11) is 0. The van der Waals surface area contributed by atoms with E-state index in [1.807, 2.05) is 67.6 Å². The molecule has 1 heterocycles. The van der Waals surface area contributed by atoms with Crippen molar-refractivity contribution in [1.82, 2.24) is 9.99 Å². The number of nitrogens with one attached hydrogen (secondary N) is 1. The minimum Gasteiger partial charge on any atom is -0.490 e. The molecule has 1 N–H and O–H groups in total. The maximum absolute atomic E-state index is 13.0. The van der Waals surface area contributed by atoms with Gasteiger partial charge in [0.1, 0.15) is 6.61 Å². The van der Waals surface area contributed by atoms with Gasteiger partial charge in [-0.1, -0.05) is 89.9 Å². The number of amides is 1. The van der Waals surface area contributed by atoms with Crippen LogP contribution in [0.1, 0.15) is 28.4 Å². The fourth-order valence-electron chi connectivity index (χ4n) is 5.16. The second kappa shape index (κ2) is 14.9. The van der Waals surface area contributed by atoms with Gasteiger partial charge in [-0.25, -0.2) is 5.43 Å². The van der Waals surface area contributed by atoms with E-state index in [-0.39, 0.29) is 12.5 Å². The summed E-state index contributed by atoms with van der Waals surface area (Å²) in [6, 6.07) is 43.0. The first-order valence-electron chi connectivity index (χ1n) is 15.1. The maximum Gasteiger partial charge on any atom is 0.271 e. The van der Waals surface area contributed by atoms with Crippen LogP contribution in [0.3, 0.4) is 0 Å². The van der Waals surface area contributed by atoms with E-state index in [1.165, 1.54) is 0 Å². The number of ether oxygens (including phenoxy) is 2. The molecule has 0 atom stereocenters. The molecule has 1 amide bonds. The molecule has 1 aromatic heterocycles. The van der Waals surface area contributed by atoms with Gasteiger partial charge in [-0.2, -0.15) is 5.10 Å². The number of halogens is 2. The van der Waals surface area contributed by atoms with Crippen LogP contribution in [0, 0.1) is 0 Å². The minimum absolute atomic E-state index is 0.254. The Kier molecular flexibility index (Phi) is 10.0. The molecule has 0 aliphatic heterocycles. The second-order valence-electron chi connectivity index (χ2n) is 10.6. The number of hydrazone groups is 1. The van der Waals surface area contributed by atoms with Crippen molar-refractivity contribution in [2.75, 3.05) is 6.61 Å². The molecule has 47 heavy (non-hydrogen) atoms. The van der Waals surface area contributed by atoms with Crippen molar-refractivity contribution in [2.45, 2.75) is 13.5 Å². The average Bonchev–Trinajstić information content (AvgIpc) is 3.55. The predicted octanol–water partition coefficient (Wildman–Crippen LogP) is 9.86. The van der Waals surface area contributed by atoms with Crippen molar-refractivity contribution >= 4 is 35.3 Å². The van der Waals surface area contributed by atoms with Crippen molar-refractivity contribution in [3.05, 3.63) is 160 Å². The van der Waals surface area contributed by atoms with Crippen LogP contribution in [0.15, 0.2) is 139 Å². The van der Waals surface area contributed by atoms with Gasteiger partial charge < -0.3 is 14.0 Å². The summed E-state index contributed by atoms with van der Waals surface area (Å²) >= 11 is 12.3. The van der Waals surface area contributed by atoms with Gasteiger partial charge in [0.05, 0.1) is 24.2 Å². The zero-order valence-electron chi connectivity index (χ0n) is 25.6. The Bertz CT molecular complexity index is 1950. The van der Waals surface area contributed by atoms with Crippen LogP contribution < -0.4 is 14.9 Å². The third-order valence-electron chi connectivity index (χ3n) is 7.45. The van der Waals surface area contributed by atoms with E-state index in [4.69, 9.17) is 32.7 Å². The lowest BCUT2D eigenvalue weighted by Crippen LogP contribution is -2.17. The molecule has 0 spiro atoms. The van der Waals surface area contributed by atoms with E-state index in [2.05, 4.69) is 51.5 Å². The molecule has 0 unspecified atom stereocenters. The van der Waals surface area contributed by atoms with Gasteiger partial charge in [-0.05, 0) is 90.3 Å². The van der Waals surface area contributed by atoms with E-state index in [0.29, 0.717) is 33.7 Å². The lowest BCUT2D eigenvalue weighted by molar-refractivity contribution is 0.0955. The van der Waals surface area contributed by atoms with Crippen molar-refractivity contribution in [1.29, 1.82) is 0 Å². The fourth-order valence-corrected chi connectivity index (χ4v) is 5.63. The summed E-state index contributed by atoms with van der Waals surface area (Å²) in [4.78, 5) is 13.0. The van der Waals surface area contributed by atoms with Crippen LogP contribution in [-0.4, -0.2) is 23.3 Å². The largest absolute Gasteiger partial charge is 0.490 e. The van der Waals surface area contributed by atoms with E-state index in [1.54, 1.807) is 42.6 Å². The Morgan fingerprint density at radius 1 is 0.745 bits per heavy atom. The van der Waals surface area contributed by atoms with Gasteiger partial charge in [0.2, 0.25) is 0 Å². The van der Waals surface area contributed by atoms with Crippen LogP contribution in [0.4, 0.5) is 0 Å². The third kappa shape index (κ3) is 7.58. The van der Waals surface area contributed by atoms with E-state index >= 15 is 0 Å². The van der Waals surface area contributed by atoms with Gasteiger partial charge in [0.15, 0.2) is 11.5 Å². The summed E-state index contributed by atoms with van der Waals surface area (Å²) in [5.74, 6) is 0.794. The van der Waals surface area contributed by atoms with Crippen molar-refractivity contribution in [3.63, 3.8) is 0 Å². The molecular weight excluding hydrogens is 629 g/mol. The Hall–Kier alpha value is -5.30. The SMILES string of the molecule is CCOc1cc(/C=N\NC(=O)c2ccc(-n3c(-c4ccccc4)ccc3-c3ccccc3)cc2)ccc1OCc1ccc(Cl)cc1Cl. The Balaban J connectivity index is 1.16. The number of benzene rings is 5. The molecule has 234 valence electrons. The van der Waals surface area contributed by atoms with Crippen LogP contribution in [0.2, 0.25) is 10.0 Å². The van der Waals surface area contributed by atoms with E-state index in [9.17, 15) is 4.79 Å². The second-order valence-corrected chi connectivity index (χ2v) is 11.4. The Labute approximate surface area is 283 Å². The van der Waals surface area contributed by atoms with Crippen molar-refractivity contribution in [2.24, 2.45) is 5.10 Å². The molecule has 5 aromatic carbocycles. The first kappa shape index (κ1) is 31.7. The zero-order valence-corrected chi connectivity index (χ0v) is 27.1. The predicted molar refractivity (Wildman–Crippen MR) is 190 cm³/mol. The average molecular weight is 661 g/mol. The van der Waals surface area contributed by atoms with E-state index in [0.717, 1.165) is 39.3 Å².